The van der Waals surface area contributed by atoms with Crippen molar-refractivity contribution in [3.05, 3.63) is 44.1 Å². The molecule has 6 heteroatoms. The van der Waals surface area contributed by atoms with E-state index in [-0.39, 0.29) is 22.6 Å². The summed E-state index contributed by atoms with van der Waals surface area (Å²) in [5.74, 6) is 0.162. The molecule has 1 aliphatic heterocycles. The van der Waals surface area contributed by atoms with E-state index in [9.17, 15) is 9.59 Å². The fourth-order valence-corrected chi connectivity index (χ4v) is 9.43. The number of carbonyl (C=O) groups excluding carboxylic acids is 2. The smallest absolute Gasteiger partial charge is 0.263 e. The first-order chi connectivity index (χ1) is 17.7. The molecule has 0 saturated carbocycles. The molecule has 4 heterocycles. The molecule has 0 aromatic carbocycles. The van der Waals surface area contributed by atoms with Crippen LogP contribution in [0, 0.1) is 19.8 Å². The summed E-state index contributed by atoms with van der Waals surface area (Å²) in [6.07, 6.45) is 4.29. The SMILES string of the molecule is CCCCC(CC)CN1C(=O)c2c(-c3sc(-c4cc(C)c(C(C)(C)C)s4)cc3C)sc(C(C)(C)C)c2C1=O. The largest absolute Gasteiger partial charge is 0.274 e. The minimum absolute atomic E-state index is 0.0921. The highest BCUT2D eigenvalue weighted by Crippen LogP contribution is 2.51. The monoisotopic (exact) mass is 569 g/mol. The Labute approximate surface area is 241 Å². The Hall–Kier alpha value is -1.76. The van der Waals surface area contributed by atoms with Crippen LogP contribution in [-0.4, -0.2) is 23.3 Å². The van der Waals surface area contributed by atoms with Crippen molar-refractivity contribution in [3.63, 3.8) is 0 Å². The van der Waals surface area contributed by atoms with E-state index in [2.05, 4.69) is 81.4 Å². The van der Waals surface area contributed by atoms with Crippen molar-refractivity contribution in [2.45, 2.75) is 106 Å². The number of aryl methyl sites for hydroxylation is 2. The molecule has 0 spiro atoms. The van der Waals surface area contributed by atoms with E-state index in [1.165, 1.54) is 25.8 Å². The molecule has 38 heavy (non-hydrogen) atoms. The van der Waals surface area contributed by atoms with Crippen LogP contribution in [0.3, 0.4) is 0 Å². The standard InChI is InChI=1S/C32H43NO2S3/c1-11-13-14-20(12-2)17-33-29(34)23-24(30(33)35)28(32(8,9)10)38-26(23)25-18(3)15-21(36-25)22-16-19(4)27(37-22)31(5,6)7/h15-16,20H,11-14,17H2,1-10H3. The minimum atomic E-state index is -0.216. The molecule has 206 valence electrons. The van der Waals surface area contributed by atoms with Crippen molar-refractivity contribution >= 4 is 45.8 Å². The van der Waals surface area contributed by atoms with Gasteiger partial charge in [-0.05, 0) is 60.3 Å². The first-order valence-electron chi connectivity index (χ1n) is 13.9. The van der Waals surface area contributed by atoms with Gasteiger partial charge >= 0.3 is 0 Å². The number of amides is 2. The third kappa shape index (κ3) is 5.33. The zero-order valence-corrected chi connectivity index (χ0v) is 27.2. The third-order valence-corrected chi connectivity index (χ3v) is 12.3. The number of nitrogens with zero attached hydrogens (tertiary/aromatic N) is 1. The summed E-state index contributed by atoms with van der Waals surface area (Å²) in [7, 11) is 0. The Kier molecular flexibility index (Phi) is 8.20. The number of thiophene rings is 3. The van der Waals surface area contributed by atoms with Gasteiger partial charge in [0.2, 0.25) is 0 Å². The van der Waals surface area contributed by atoms with Crippen LogP contribution in [-0.2, 0) is 10.8 Å². The lowest BCUT2D eigenvalue weighted by molar-refractivity contribution is 0.0623. The van der Waals surface area contributed by atoms with Gasteiger partial charge in [-0.3, -0.25) is 14.5 Å². The Bertz CT molecular complexity index is 1360. The van der Waals surface area contributed by atoms with E-state index in [0.29, 0.717) is 23.6 Å². The summed E-state index contributed by atoms with van der Waals surface area (Å²) in [6, 6.07) is 4.56. The fraction of sp³-hybridized carbons (Fsp3) is 0.562. The van der Waals surface area contributed by atoms with Gasteiger partial charge in [-0.1, -0.05) is 74.7 Å². The summed E-state index contributed by atoms with van der Waals surface area (Å²) in [6.45, 7) is 22.5. The number of unbranched alkanes of at least 4 members (excludes halogenated alkanes) is 1. The summed E-state index contributed by atoms with van der Waals surface area (Å²) in [5.41, 5.74) is 3.70. The van der Waals surface area contributed by atoms with Crippen LogP contribution in [0.25, 0.3) is 19.5 Å². The molecule has 0 fully saturated rings. The number of rotatable bonds is 8. The Morgan fingerprint density at radius 2 is 1.34 bits per heavy atom. The van der Waals surface area contributed by atoms with Gasteiger partial charge in [-0.15, -0.1) is 34.0 Å². The number of carbonyl (C=O) groups is 2. The minimum Gasteiger partial charge on any atom is -0.274 e. The maximum atomic E-state index is 13.9. The molecule has 3 nitrogen and oxygen atoms in total. The predicted molar refractivity (Wildman–Crippen MR) is 166 cm³/mol. The van der Waals surface area contributed by atoms with Crippen LogP contribution in [0.4, 0.5) is 0 Å². The predicted octanol–water partition coefficient (Wildman–Crippen LogP) is 10.2. The van der Waals surface area contributed by atoms with Crippen molar-refractivity contribution in [3.8, 4) is 19.5 Å². The lowest BCUT2D eigenvalue weighted by Crippen LogP contribution is -2.35. The molecule has 0 bridgehead atoms. The molecule has 1 atom stereocenters. The number of fused-ring (bicyclic) bond motifs is 1. The summed E-state index contributed by atoms with van der Waals surface area (Å²) in [4.78, 5) is 36.4. The highest BCUT2D eigenvalue weighted by atomic mass is 32.1. The number of hydrogen-bond acceptors (Lipinski definition) is 5. The van der Waals surface area contributed by atoms with Gasteiger partial charge in [0.15, 0.2) is 0 Å². The maximum absolute atomic E-state index is 13.9. The summed E-state index contributed by atoms with van der Waals surface area (Å²) in [5, 5.41) is 0. The second-order valence-electron chi connectivity index (χ2n) is 12.9. The molecule has 3 aromatic heterocycles. The van der Waals surface area contributed by atoms with Gasteiger partial charge in [-0.2, -0.15) is 0 Å². The van der Waals surface area contributed by atoms with Gasteiger partial charge in [0.1, 0.15) is 0 Å². The molecule has 0 saturated heterocycles. The first-order valence-corrected chi connectivity index (χ1v) is 16.4. The highest BCUT2D eigenvalue weighted by molar-refractivity contribution is 7.27. The lowest BCUT2D eigenvalue weighted by atomic mass is 9.90. The number of imide groups is 1. The van der Waals surface area contributed by atoms with Crippen LogP contribution in [0.2, 0.25) is 0 Å². The molecule has 1 unspecified atom stereocenters. The molecule has 1 aliphatic rings. The zero-order chi connectivity index (χ0) is 28.2. The molecular formula is C32H43NO2S3. The van der Waals surface area contributed by atoms with Gasteiger partial charge in [0.05, 0.1) is 16.0 Å². The molecule has 2 amide bonds. The molecule has 0 radical (unpaired) electrons. The molecular weight excluding hydrogens is 527 g/mol. The average Bonchev–Trinajstić information content (AvgIpc) is 3.55. The quantitative estimate of drug-likeness (QED) is 0.253. The highest BCUT2D eigenvalue weighted by Gasteiger charge is 2.44. The first kappa shape index (κ1) is 29.2. The van der Waals surface area contributed by atoms with E-state index >= 15 is 0 Å². The van der Waals surface area contributed by atoms with Crippen molar-refractivity contribution < 1.29 is 9.59 Å². The molecule has 0 aliphatic carbocycles. The average molecular weight is 570 g/mol. The second kappa shape index (κ2) is 10.7. The van der Waals surface area contributed by atoms with Gasteiger partial charge in [0.25, 0.3) is 11.8 Å². The van der Waals surface area contributed by atoms with Crippen LogP contribution < -0.4 is 0 Å². The van der Waals surface area contributed by atoms with Gasteiger partial charge < -0.3 is 0 Å². The zero-order valence-electron chi connectivity index (χ0n) is 24.8. The van der Waals surface area contributed by atoms with Crippen molar-refractivity contribution in [2.75, 3.05) is 6.54 Å². The van der Waals surface area contributed by atoms with Crippen molar-refractivity contribution in [1.82, 2.24) is 4.90 Å². The Morgan fingerprint density at radius 1 is 0.763 bits per heavy atom. The molecule has 3 aromatic rings. The van der Waals surface area contributed by atoms with Crippen LogP contribution in [0.15, 0.2) is 12.1 Å². The van der Waals surface area contributed by atoms with E-state index in [0.717, 1.165) is 40.3 Å². The molecule has 4 rings (SSSR count). The topological polar surface area (TPSA) is 37.4 Å². The van der Waals surface area contributed by atoms with E-state index < -0.39 is 0 Å². The van der Waals surface area contributed by atoms with E-state index in [4.69, 9.17) is 0 Å². The van der Waals surface area contributed by atoms with Gasteiger partial charge in [-0.25, -0.2) is 0 Å². The van der Waals surface area contributed by atoms with Crippen molar-refractivity contribution in [2.24, 2.45) is 5.92 Å². The molecule has 0 N–H and O–H groups in total. The Morgan fingerprint density at radius 3 is 1.89 bits per heavy atom. The lowest BCUT2D eigenvalue weighted by Gasteiger charge is -2.23. The van der Waals surface area contributed by atoms with Gasteiger partial charge in [0, 0.05) is 30.9 Å². The number of hydrogen-bond donors (Lipinski definition) is 0. The third-order valence-electron chi connectivity index (χ3n) is 7.46. The van der Waals surface area contributed by atoms with E-state index in [1.54, 1.807) is 27.6 Å². The summed E-state index contributed by atoms with van der Waals surface area (Å²) < 4.78 is 0. The van der Waals surface area contributed by atoms with E-state index in [1.807, 2.05) is 11.3 Å². The van der Waals surface area contributed by atoms with Crippen LogP contribution in [0.1, 0.15) is 123 Å². The fourth-order valence-electron chi connectivity index (χ4n) is 5.41. The second-order valence-corrected chi connectivity index (χ2v) is 16.0. The van der Waals surface area contributed by atoms with Crippen LogP contribution in [0.5, 0.6) is 0 Å². The van der Waals surface area contributed by atoms with Crippen LogP contribution >= 0.6 is 34.0 Å². The normalized spacial score (nSPS) is 15.1. The summed E-state index contributed by atoms with van der Waals surface area (Å²) >= 11 is 5.29. The maximum Gasteiger partial charge on any atom is 0.263 e. The van der Waals surface area contributed by atoms with Crippen molar-refractivity contribution in [1.29, 1.82) is 0 Å². The Balaban J connectivity index is 1.79.